The van der Waals surface area contributed by atoms with E-state index in [4.69, 9.17) is 0 Å². The molecule has 0 atom stereocenters. The SMILES string of the molecule is CC(=O)Nc1cccc(NC2CCC(C(F)(F)F)CC2)c1. The molecule has 1 amide bonds. The topological polar surface area (TPSA) is 41.1 Å². The minimum atomic E-state index is -4.07. The second-order valence-corrected chi connectivity index (χ2v) is 5.50. The van der Waals surface area contributed by atoms with Gasteiger partial charge in [0.2, 0.25) is 5.91 Å². The summed E-state index contributed by atoms with van der Waals surface area (Å²) in [6, 6.07) is 7.26. The molecule has 1 aliphatic carbocycles. The van der Waals surface area contributed by atoms with Crippen molar-refractivity contribution in [1.29, 1.82) is 0 Å². The number of amides is 1. The number of anilines is 2. The Kier molecular flexibility index (Phi) is 4.75. The summed E-state index contributed by atoms with van der Waals surface area (Å²) in [6.07, 6.45) is -2.71. The summed E-state index contributed by atoms with van der Waals surface area (Å²) >= 11 is 0. The van der Waals surface area contributed by atoms with Crippen LogP contribution in [0.25, 0.3) is 0 Å². The highest BCUT2D eigenvalue weighted by Crippen LogP contribution is 2.38. The maximum absolute atomic E-state index is 12.6. The third-order valence-corrected chi connectivity index (χ3v) is 3.74. The fourth-order valence-electron chi connectivity index (χ4n) is 2.69. The first-order valence-electron chi connectivity index (χ1n) is 7.05. The molecule has 21 heavy (non-hydrogen) atoms. The van der Waals surface area contributed by atoms with Gasteiger partial charge in [-0.3, -0.25) is 4.79 Å². The second-order valence-electron chi connectivity index (χ2n) is 5.50. The van der Waals surface area contributed by atoms with Crippen molar-refractivity contribution in [3.05, 3.63) is 24.3 Å². The number of carbonyl (C=O) groups excluding carboxylic acids is 1. The van der Waals surface area contributed by atoms with E-state index in [0.29, 0.717) is 18.5 Å². The van der Waals surface area contributed by atoms with Gasteiger partial charge in [0.1, 0.15) is 0 Å². The van der Waals surface area contributed by atoms with Crippen LogP contribution in [0.15, 0.2) is 24.3 Å². The van der Waals surface area contributed by atoms with Crippen LogP contribution in [-0.2, 0) is 4.79 Å². The van der Waals surface area contributed by atoms with Gasteiger partial charge in [0, 0.05) is 24.3 Å². The Bertz CT molecular complexity index is 494. The fraction of sp³-hybridized carbons (Fsp3) is 0.533. The zero-order valence-electron chi connectivity index (χ0n) is 11.8. The van der Waals surface area contributed by atoms with E-state index in [1.54, 1.807) is 18.2 Å². The standard InChI is InChI=1S/C15H19F3N2O/c1-10(21)19-13-3-2-4-14(9-13)20-12-7-5-11(6-8-12)15(16,17)18/h2-4,9,11-12,20H,5-8H2,1H3,(H,19,21). The highest BCUT2D eigenvalue weighted by molar-refractivity contribution is 5.89. The van der Waals surface area contributed by atoms with Gasteiger partial charge in [-0.2, -0.15) is 13.2 Å². The van der Waals surface area contributed by atoms with Gasteiger partial charge in [0.25, 0.3) is 0 Å². The van der Waals surface area contributed by atoms with Crippen LogP contribution < -0.4 is 10.6 Å². The average molecular weight is 300 g/mol. The zero-order chi connectivity index (χ0) is 15.5. The van der Waals surface area contributed by atoms with Gasteiger partial charge in [-0.25, -0.2) is 0 Å². The van der Waals surface area contributed by atoms with Gasteiger partial charge in [0.15, 0.2) is 0 Å². The van der Waals surface area contributed by atoms with Crippen molar-refractivity contribution < 1.29 is 18.0 Å². The van der Waals surface area contributed by atoms with Gasteiger partial charge in [-0.05, 0) is 43.9 Å². The van der Waals surface area contributed by atoms with Crippen LogP contribution in [0, 0.1) is 5.92 Å². The van der Waals surface area contributed by atoms with Gasteiger partial charge < -0.3 is 10.6 Å². The molecule has 1 aliphatic rings. The normalized spacial score (nSPS) is 22.7. The van der Waals surface area contributed by atoms with E-state index < -0.39 is 12.1 Å². The maximum Gasteiger partial charge on any atom is 0.391 e. The van der Waals surface area contributed by atoms with Crippen molar-refractivity contribution in [2.45, 2.75) is 44.8 Å². The molecule has 0 bridgehead atoms. The number of rotatable bonds is 3. The van der Waals surface area contributed by atoms with Crippen molar-refractivity contribution in [3.63, 3.8) is 0 Å². The number of carbonyl (C=O) groups is 1. The van der Waals surface area contributed by atoms with Crippen LogP contribution in [0.2, 0.25) is 0 Å². The van der Waals surface area contributed by atoms with E-state index in [1.165, 1.54) is 6.92 Å². The number of benzene rings is 1. The fourth-order valence-corrected chi connectivity index (χ4v) is 2.69. The molecule has 0 aromatic heterocycles. The summed E-state index contributed by atoms with van der Waals surface area (Å²) in [5.74, 6) is -1.32. The molecule has 0 heterocycles. The average Bonchev–Trinajstić information content (AvgIpc) is 2.38. The predicted octanol–water partition coefficient (Wildman–Crippen LogP) is 4.18. The largest absolute Gasteiger partial charge is 0.391 e. The number of hydrogen-bond acceptors (Lipinski definition) is 2. The Balaban J connectivity index is 1.90. The lowest BCUT2D eigenvalue weighted by atomic mass is 9.85. The molecule has 0 aliphatic heterocycles. The molecule has 2 rings (SSSR count). The number of hydrogen-bond donors (Lipinski definition) is 2. The number of halogens is 3. The van der Waals surface area contributed by atoms with E-state index >= 15 is 0 Å². The maximum atomic E-state index is 12.6. The van der Waals surface area contributed by atoms with Crippen LogP contribution in [0.4, 0.5) is 24.5 Å². The minimum Gasteiger partial charge on any atom is -0.382 e. The summed E-state index contributed by atoms with van der Waals surface area (Å²) in [5.41, 5.74) is 1.49. The molecular formula is C15H19F3N2O. The number of nitrogens with one attached hydrogen (secondary N) is 2. The van der Waals surface area contributed by atoms with Gasteiger partial charge in [-0.1, -0.05) is 6.07 Å². The minimum absolute atomic E-state index is 0.0520. The van der Waals surface area contributed by atoms with Crippen molar-refractivity contribution >= 4 is 17.3 Å². The third kappa shape index (κ3) is 4.65. The number of alkyl halides is 3. The quantitative estimate of drug-likeness (QED) is 0.879. The molecule has 2 N–H and O–H groups in total. The highest BCUT2D eigenvalue weighted by atomic mass is 19.4. The molecular weight excluding hydrogens is 281 g/mol. The Hall–Kier alpha value is -1.72. The first kappa shape index (κ1) is 15.7. The lowest BCUT2D eigenvalue weighted by Crippen LogP contribution is -2.32. The lowest BCUT2D eigenvalue weighted by molar-refractivity contribution is -0.182. The van der Waals surface area contributed by atoms with Crippen molar-refractivity contribution in [3.8, 4) is 0 Å². The van der Waals surface area contributed by atoms with Crippen LogP contribution >= 0.6 is 0 Å². The third-order valence-electron chi connectivity index (χ3n) is 3.74. The molecule has 0 spiro atoms. The van der Waals surface area contributed by atoms with Crippen LogP contribution in [-0.4, -0.2) is 18.1 Å². The van der Waals surface area contributed by atoms with Crippen LogP contribution in [0.3, 0.4) is 0 Å². The summed E-state index contributed by atoms with van der Waals surface area (Å²) < 4.78 is 37.8. The van der Waals surface area contributed by atoms with Crippen molar-refractivity contribution in [2.75, 3.05) is 10.6 Å². The summed E-state index contributed by atoms with van der Waals surface area (Å²) in [4.78, 5) is 11.0. The smallest absolute Gasteiger partial charge is 0.382 e. The van der Waals surface area contributed by atoms with Crippen LogP contribution in [0.1, 0.15) is 32.6 Å². The lowest BCUT2D eigenvalue weighted by Gasteiger charge is -2.31. The molecule has 1 aromatic rings. The Morgan fingerprint density at radius 1 is 1.14 bits per heavy atom. The molecule has 0 saturated heterocycles. The molecule has 1 aromatic carbocycles. The summed E-state index contributed by atoms with van der Waals surface area (Å²) in [6.45, 7) is 1.43. The monoisotopic (exact) mass is 300 g/mol. The van der Waals surface area contributed by atoms with Crippen molar-refractivity contribution in [1.82, 2.24) is 0 Å². The van der Waals surface area contributed by atoms with E-state index in [-0.39, 0.29) is 24.8 Å². The van der Waals surface area contributed by atoms with Crippen molar-refractivity contribution in [2.24, 2.45) is 5.92 Å². The molecule has 3 nitrogen and oxygen atoms in total. The summed E-state index contributed by atoms with van der Waals surface area (Å²) in [5, 5.41) is 5.93. The molecule has 116 valence electrons. The van der Waals surface area contributed by atoms with Crippen LogP contribution in [0.5, 0.6) is 0 Å². The zero-order valence-corrected chi connectivity index (χ0v) is 11.8. The molecule has 1 saturated carbocycles. The molecule has 6 heteroatoms. The van der Waals surface area contributed by atoms with Gasteiger partial charge in [-0.15, -0.1) is 0 Å². The Morgan fingerprint density at radius 2 is 1.76 bits per heavy atom. The molecule has 0 unspecified atom stereocenters. The summed E-state index contributed by atoms with van der Waals surface area (Å²) in [7, 11) is 0. The Labute approximate surface area is 121 Å². The van der Waals surface area contributed by atoms with E-state index in [9.17, 15) is 18.0 Å². The highest BCUT2D eigenvalue weighted by Gasteiger charge is 2.41. The van der Waals surface area contributed by atoms with Gasteiger partial charge in [0.05, 0.1) is 5.92 Å². The Morgan fingerprint density at radius 3 is 2.33 bits per heavy atom. The first-order valence-corrected chi connectivity index (χ1v) is 7.05. The van der Waals surface area contributed by atoms with Gasteiger partial charge >= 0.3 is 6.18 Å². The second kappa shape index (κ2) is 6.37. The predicted molar refractivity (Wildman–Crippen MR) is 76.2 cm³/mol. The van der Waals surface area contributed by atoms with E-state index in [0.717, 1.165) is 5.69 Å². The molecule has 1 fully saturated rings. The van der Waals surface area contributed by atoms with E-state index in [2.05, 4.69) is 10.6 Å². The van der Waals surface area contributed by atoms with E-state index in [1.807, 2.05) is 6.07 Å². The molecule has 0 radical (unpaired) electrons. The first-order chi connectivity index (χ1) is 9.84.